The number of carbonyl (C=O) groups excluding carboxylic acids is 1. The van der Waals surface area contributed by atoms with Crippen LogP contribution in [-0.2, 0) is 10.2 Å². The number of alkyl halides is 2. The van der Waals surface area contributed by atoms with Gasteiger partial charge in [-0.1, -0.05) is 18.2 Å². The molecular formula is C12H12F2O2. The van der Waals surface area contributed by atoms with Crippen molar-refractivity contribution < 1.29 is 18.3 Å². The number of para-hydroxylation sites is 1. The highest BCUT2D eigenvalue weighted by Crippen LogP contribution is 2.50. The van der Waals surface area contributed by atoms with Crippen molar-refractivity contribution in [2.75, 3.05) is 0 Å². The molecule has 1 saturated carbocycles. The van der Waals surface area contributed by atoms with Gasteiger partial charge in [0.2, 0.25) is 0 Å². The number of rotatable bonds is 4. The van der Waals surface area contributed by atoms with Crippen LogP contribution in [0.25, 0.3) is 0 Å². The zero-order valence-electron chi connectivity index (χ0n) is 8.87. The van der Waals surface area contributed by atoms with Crippen LogP contribution < -0.4 is 4.74 Å². The van der Waals surface area contributed by atoms with Gasteiger partial charge >= 0.3 is 6.61 Å². The number of aryl methyl sites for hydroxylation is 1. The van der Waals surface area contributed by atoms with E-state index in [9.17, 15) is 13.6 Å². The highest BCUT2D eigenvalue weighted by molar-refractivity contribution is 5.75. The third-order valence-corrected chi connectivity index (χ3v) is 2.97. The van der Waals surface area contributed by atoms with Crippen LogP contribution in [0.1, 0.15) is 24.0 Å². The maximum atomic E-state index is 12.3. The molecule has 0 radical (unpaired) electrons. The highest BCUT2D eigenvalue weighted by Gasteiger charge is 2.46. The van der Waals surface area contributed by atoms with E-state index in [0.29, 0.717) is 24.0 Å². The second-order valence-electron chi connectivity index (χ2n) is 4.10. The summed E-state index contributed by atoms with van der Waals surface area (Å²) in [5.74, 6) is 0.155. The topological polar surface area (TPSA) is 26.3 Å². The predicted octanol–water partition coefficient (Wildman–Crippen LogP) is 2.83. The van der Waals surface area contributed by atoms with E-state index in [1.54, 1.807) is 25.1 Å². The fourth-order valence-electron chi connectivity index (χ4n) is 1.88. The molecule has 16 heavy (non-hydrogen) atoms. The molecule has 0 aromatic heterocycles. The first-order valence-corrected chi connectivity index (χ1v) is 5.10. The SMILES string of the molecule is Cc1cccc(C2(C=O)CC2)c1OC(F)F. The molecule has 0 unspecified atom stereocenters. The van der Waals surface area contributed by atoms with Gasteiger partial charge in [-0.25, -0.2) is 0 Å². The lowest BCUT2D eigenvalue weighted by atomic mass is 9.95. The van der Waals surface area contributed by atoms with Gasteiger partial charge in [0, 0.05) is 5.56 Å². The van der Waals surface area contributed by atoms with Crippen molar-refractivity contribution >= 4 is 6.29 Å². The summed E-state index contributed by atoms with van der Waals surface area (Å²) in [5.41, 5.74) is 0.629. The van der Waals surface area contributed by atoms with Gasteiger partial charge < -0.3 is 9.53 Å². The number of hydrogen-bond donors (Lipinski definition) is 0. The summed E-state index contributed by atoms with van der Waals surface area (Å²) < 4.78 is 29.1. The average molecular weight is 226 g/mol. The lowest BCUT2D eigenvalue weighted by molar-refractivity contribution is -0.110. The van der Waals surface area contributed by atoms with Crippen molar-refractivity contribution in [2.24, 2.45) is 0 Å². The number of hydrogen-bond acceptors (Lipinski definition) is 2. The molecule has 0 bridgehead atoms. The first-order valence-electron chi connectivity index (χ1n) is 5.10. The smallest absolute Gasteiger partial charge is 0.387 e. The zero-order chi connectivity index (χ0) is 11.8. The van der Waals surface area contributed by atoms with Crippen LogP contribution in [0.2, 0.25) is 0 Å². The molecule has 1 aromatic carbocycles. The molecule has 4 heteroatoms. The molecule has 0 heterocycles. The summed E-state index contributed by atoms with van der Waals surface area (Å²) in [6.45, 7) is -1.16. The molecular weight excluding hydrogens is 214 g/mol. The van der Waals surface area contributed by atoms with E-state index in [1.807, 2.05) is 0 Å². The molecule has 2 nitrogen and oxygen atoms in total. The summed E-state index contributed by atoms with van der Waals surface area (Å²) in [6, 6.07) is 5.14. The Morgan fingerprint density at radius 3 is 2.62 bits per heavy atom. The van der Waals surface area contributed by atoms with Gasteiger partial charge in [-0.2, -0.15) is 8.78 Å². The van der Waals surface area contributed by atoms with Gasteiger partial charge in [-0.05, 0) is 25.3 Å². The van der Waals surface area contributed by atoms with Gasteiger partial charge in [-0.3, -0.25) is 0 Å². The van der Waals surface area contributed by atoms with Crippen LogP contribution in [0, 0.1) is 6.92 Å². The molecule has 1 fully saturated rings. The molecule has 0 amide bonds. The molecule has 1 aromatic rings. The lowest BCUT2D eigenvalue weighted by Crippen LogP contribution is -2.13. The summed E-state index contributed by atoms with van der Waals surface area (Å²) in [4.78, 5) is 11.0. The van der Waals surface area contributed by atoms with Crippen LogP contribution in [0.3, 0.4) is 0 Å². The third-order valence-electron chi connectivity index (χ3n) is 2.97. The zero-order valence-corrected chi connectivity index (χ0v) is 8.87. The van der Waals surface area contributed by atoms with Gasteiger partial charge in [0.05, 0.1) is 5.41 Å². The number of aldehydes is 1. The first kappa shape index (κ1) is 11.0. The molecule has 1 aliphatic carbocycles. The van der Waals surface area contributed by atoms with Crippen LogP contribution in [-0.4, -0.2) is 12.9 Å². The fourth-order valence-corrected chi connectivity index (χ4v) is 1.88. The normalized spacial score (nSPS) is 17.2. The van der Waals surface area contributed by atoms with Crippen molar-refractivity contribution in [1.82, 2.24) is 0 Å². The number of ether oxygens (including phenoxy) is 1. The molecule has 0 saturated heterocycles. The highest BCUT2D eigenvalue weighted by atomic mass is 19.3. The van der Waals surface area contributed by atoms with Gasteiger partial charge in [-0.15, -0.1) is 0 Å². The van der Waals surface area contributed by atoms with Crippen molar-refractivity contribution in [3.63, 3.8) is 0 Å². The summed E-state index contributed by atoms with van der Waals surface area (Å²) >= 11 is 0. The van der Waals surface area contributed by atoms with Crippen molar-refractivity contribution in [2.45, 2.75) is 31.8 Å². The Labute approximate surface area is 92.2 Å². The minimum Gasteiger partial charge on any atom is -0.434 e. The standard InChI is InChI=1S/C12H12F2O2/c1-8-3-2-4-9(10(8)16-11(13)14)12(7-15)5-6-12/h2-4,7,11H,5-6H2,1H3. The Morgan fingerprint density at radius 2 is 2.12 bits per heavy atom. The number of halogens is 2. The monoisotopic (exact) mass is 226 g/mol. The number of benzene rings is 1. The third kappa shape index (κ3) is 1.79. The molecule has 2 rings (SSSR count). The van der Waals surface area contributed by atoms with Gasteiger partial charge in [0.15, 0.2) is 0 Å². The van der Waals surface area contributed by atoms with Crippen molar-refractivity contribution in [3.8, 4) is 5.75 Å². The molecule has 0 atom stereocenters. The maximum Gasteiger partial charge on any atom is 0.387 e. The largest absolute Gasteiger partial charge is 0.434 e. The van der Waals surface area contributed by atoms with E-state index in [1.165, 1.54) is 0 Å². The van der Waals surface area contributed by atoms with Gasteiger partial charge in [0.1, 0.15) is 12.0 Å². The Balaban J connectivity index is 2.44. The van der Waals surface area contributed by atoms with Crippen LogP contribution >= 0.6 is 0 Å². The Hall–Kier alpha value is -1.45. The van der Waals surface area contributed by atoms with Crippen molar-refractivity contribution in [3.05, 3.63) is 29.3 Å². The molecule has 0 spiro atoms. The van der Waals surface area contributed by atoms with Crippen LogP contribution in [0.15, 0.2) is 18.2 Å². The quantitative estimate of drug-likeness (QED) is 0.738. The van der Waals surface area contributed by atoms with E-state index in [2.05, 4.69) is 4.74 Å². The minimum atomic E-state index is -2.86. The lowest BCUT2D eigenvalue weighted by Gasteiger charge is -2.16. The van der Waals surface area contributed by atoms with E-state index in [0.717, 1.165) is 6.29 Å². The maximum absolute atomic E-state index is 12.3. The number of carbonyl (C=O) groups is 1. The summed E-state index contributed by atoms with van der Waals surface area (Å²) in [6.07, 6.45) is 2.25. The summed E-state index contributed by atoms with van der Waals surface area (Å²) in [7, 11) is 0. The van der Waals surface area contributed by atoms with E-state index in [4.69, 9.17) is 0 Å². The van der Waals surface area contributed by atoms with E-state index >= 15 is 0 Å². The average Bonchev–Trinajstić information content (AvgIpc) is 3.01. The molecule has 0 aliphatic heterocycles. The first-order chi connectivity index (χ1) is 7.59. The van der Waals surface area contributed by atoms with E-state index in [-0.39, 0.29) is 5.75 Å². The Bertz CT molecular complexity index is 411. The van der Waals surface area contributed by atoms with Gasteiger partial charge in [0.25, 0.3) is 0 Å². The second kappa shape index (κ2) is 3.85. The molecule has 86 valence electrons. The Kier molecular flexibility index (Phi) is 2.66. The van der Waals surface area contributed by atoms with Crippen LogP contribution in [0.5, 0.6) is 5.75 Å². The molecule has 1 aliphatic rings. The summed E-state index contributed by atoms with van der Waals surface area (Å²) in [5, 5.41) is 0. The van der Waals surface area contributed by atoms with Crippen molar-refractivity contribution in [1.29, 1.82) is 0 Å². The second-order valence-corrected chi connectivity index (χ2v) is 4.10. The van der Waals surface area contributed by atoms with Crippen LogP contribution in [0.4, 0.5) is 8.78 Å². The Morgan fingerprint density at radius 1 is 1.44 bits per heavy atom. The molecule has 0 N–H and O–H groups in total. The van der Waals surface area contributed by atoms with E-state index < -0.39 is 12.0 Å². The predicted molar refractivity (Wildman–Crippen MR) is 54.8 cm³/mol. The fraction of sp³-hybridized carbons (Fsp3) is 0.417. The minimum absolute atomic E-state index is 0.155.